The van der Waals surface area contributed by atoms with Gasteiger partial charge in [0, 0.05) is 13.0 Å². The molecule has 0 aliphatic carbocycles. The van der Waals surface area contributed by atoms with Crippen LogP contribution in [0.25, 0.3) is 0 Å². The highest BCUT2D eigenvalue weighted by Crippen LogP contribution is 2.21. The number of hydrogen-bond acceptors (Lipinski definition) is 3. The number of carbonyl (C=O) groups is 1. The fourth-order valence-corrected chi connectivity index (χ4v) is 2.09. The number of nitrogens with zero attached hydrogens (tertiary/aromatic N) is 1. The van der Waals surface area contributed by atoms with Crippen molar-refractivity contribution in [3.63, 3.8) is 0 Å². The number of likely N-dealkylation sites (tertiary alicyclic amines) is 1. The summed E-state index contributed by atoms with van der Waals surface area (Å²) in [6, 6.07) is 0. The Labute approximate surface area is 128 Å². The minimum Gasteiger partial charge on any atom is -0.478 e. The van der Waals surface area contributed by atoms with E-state index >= 15 is 0 Å². The topological polar surface area (TPSA) is 38.8 Å². The smallest absolute Gasteiger partial charge is 0.413 e. The van der Waals surface area contributed by atoms with Gasteiger partial charge in [-0.1, -0.05) is 31.9 Å². The van der Waals surface area contributed by atoms with E-state index in [9.17, 15) is 4.79 Å². The Hall–Kier alpha value is -1.45. The van der Waals surface area contributed by atoms with Gasteiger partial charge in [-0.15, -0.1) is 0 Å². The van der Waals surface area contributed by atoms with Crippen LogP contribution in [0.1, 0.15) is 59.8 Å². The average Bonchev–Trinajstić information content (AvgIpc) is 2.84. The molecule has 120 valence electrons. The molecule has 1 heterocycles. The molecule has 21 heavy (non-hydrogen) atoms. The van der Waals surface area contributed by atoms with Gasteiger partial charge in [0.2, 0.25) is 0 Å². The van der Waals surface area contributed by atoms with E-state index < -0.39 is 5.60 Å². The number of carbonyl (C=O) groups excluding carboxylic acids is 1. The predicted octanol–water partition coefficient (Wildman–Crippen LogP) is 4.62. The monoisotopic (exact) mass is 295 g/mol. The van der Waals surface area contributed by atoms with Gasteiger partial charge in [-0.25, -0.2) is 4.79 Å². The molecule has 0 bridgehead atoms. The van der Waals surface area contributed by atoms with Gasteiger partial charge in [0.25, 0.3) is 0 Å². The lowest BCUT2D eigenvalue weighted by Gasteiger charge is -2.27. The van der Waals surface area contributed by atoms with Gasteiger partial charge in [-0.3, -0.25) is 4.90 Å². The van der Waals surface area contributed by atoms with Crippen LogP contribution in [0.4, 0.5) is 4.79 Å². The van der Waals surface area contributed by atoms with Crippen LogP contribution in [0.15, 0.2) is 24.5 Å². The van der Waals surface area contributed by atoms with Crippen molar-refractivity contribution in [2.24, 2.45) is 0 Å². The zero-order chi connectivity index (χ0) is 15.7. The second-order valence-corrected chi connectivity index (χ2v) is 6.31. The molecule has 1 atom stereocenters. The summed E-state index contributed by atoms with van der Waals surface area (Å²) >= 11 is 0. The number of hydrogen-bond donors (Lipinski definition) is 0. The highest BCUT2D eigenvalue weighted by Gasteiger charge is 2.32. The molecule has 1 aliphatic rings. The van der Waals surface area contributed by atoms with Crippen molar-refractivity contribution in [2.45, 2.75) is 71.6 Å². The minimum absolute atomic E-state index is 0.208. The lowest BCUT2D eigenvalue weighted by atomic mass is 10.2. The van der Waals surface area contributed by atoms with Gasteiger partial charge in [-0.05, 0) is 39.7 Å². The lowest BCUT2D eigenvalue weighted by Crippen LogP contribution is -2.40. The molecule has 4 nitrogen and oxygen atoms in total. The average molecular weight is 295 g/mol. The second-order valence-electron chi connectivity index (χ2n) is 6.31. The summed E-state index contributed by atoms with van der Waals surface area (Å²) in [5.74, 6) is 0. The van der Waals surface area contributed by atoms with Crippen molar-refractivity contribution in [1.82, 2.24) is 4.90 Å². The first kappa shape index (κ1) is 17.6. The van der Waals surface area contributed by atoms with Gasteiger partial charge in [0.05, 0.1) is 6.26 Å². The largest absolute Gasteiger partial charge is 0.478 e. The second kappa shape index (κ2) is 8.75. The van der Waals surface area contributed by atoms with Crippen LogP contribution in [0.2, 0.25) is 0 Å². The van der Waals surface area contributed by atoms with Gasteiger partial charge in [0.15, 0.2) is 6.23 Å². The number of unbranched alkanes of at least 4 members (excludes halogenated alkanes) is 2. The Bertz CT molecular complexity index is 369. The number of ether oxygens (including phenoxy) is 2. The van der Waals surface area contributed by atoms with E-state index in [1.54, 1.807) is 11.2 Å². The summed E-state index contributed by atoms with van der Waals surface area (Å²) in [6.07, 6.45) is 12.5. The summed E-state index contributed by atoms with van der Waals surface area (Å²) in [6.45, 7) is 8.49. The van der Waals surface area contributed by atoms with Crippen LogP contribution >= 0.6 is 0 Å². The summed E-state index contributed by atoms with van der Waals surface area (Å²) in [7, 11) is 0. The van der Waals surface area contributed by atoms with Crippen molar-refractivity contribution in [3.8, 4) is 0 Å². The minimum atomic E-state index is -0.470. The van der Waals surface area contributed by atoms with E-state index in [0.29, 0.717) is 6.54 Å². The Morgan fingerprint density at radius 3 is 2.76 bits per heavy atom. The maximum atomic E-state index is 12.1. The molecule has 0 radical (unpaired) electrons. The lowest BCUT2D eigenvalue weighted by molar-refractivity contribution is -0.0182. The van der Waals surface area contributed by atoms with Gasteiger partial charge >= 0.3 is 6.09 Å². The molecule has 4 heteroatoms. The van der Waals surface area contributed by atoms with Crippen molar-refractivity contribution >= 4 is 6.09 Å². The molecule has 1 rings (SSSR count). The first-order chi connectivity index (χ1) is 9.94. The molecule has 1 amide bonds. The van der Waals surface area contributed by atoms with Crippen LogP contribution in [0.5, 0.6) is 0 Å². The highest BCUT2D eigenvalue weighted by molar-refractivity contribution is 5.68. The Morgan fingerprint density at radius 2 is 2.10 bits per heavy atom. The molecule has 0 aromatic carbocycles. The van der Waals surface area contributed by atoms with E-state index in [-0.39, 0.29) is 12.3 Å². The molecular weight excluding hydrogens is 266 g/mol. The van der Waals surface area contributed by atoms with Crippen molar-refractivity contribution in [1.29, 1.82) is 0 Å². The van der Waals surface area contributed by atoms with Crippen molar-refractivity contribution in [3.05, 3.63) is 24.5 Å². The van der Waals surface area contributed by atoms with Crippen LogP contribution in [-0.2, 0) is 9.47 Å². The predicted molar refractivity (Wildman–Crippen MR) is 84.9 cm³/mol. The van der Waals surface area contributed by atoms with Gasteiger partial charge < -0.3 is 9.47 Å². The maximum absolute atomic E-state index is 12.1. The molecular formula is C17H29NO3. The number of amides is 1. The fraction of sp³-hybridized carbons (Fsp3) is 0.706. The zero-order valence-corrected chi connectivity index (χ0v) is 13.8. The highest BCUT2D eigenvalue weighted by atomic mass is 16.6. The molecule has 0 aromatic heterocycles. The van der Waals surface area contributed by atoms with E-state index in [1.165, 1.54) is 12.8 Å². The van der Waals surface area contributed by atoms with Gasteiger partial charge in [-0.2, -0.15) is 0 Å². The summed E-state index contributed by atoms with van der Waals surface area (Å²) < 4.78 is 11.0. The third kappa shape index (κ3) is 7.21. The fourth-order valence-electron chi connectivity index (χ4n) is 2.09. The third-order valence-electron chi connectivity index (χ3n) is 3.11. The normalized spacial score (nSPS) is 19.6. The summed E-state index contributed by atoms with van der Waals surface area (Å²) in [4.78, 5) is 13.7. The standard InChI is InChI=1S/C17H29NO3/c1-5-6-7-8-9-10-14-20-15-12-11-13-18(15)16(19)21-17(2,3)4/h8-10,14-15H,5-7,11-13H2,1-4H3/b9-8+,14-10+. The SMILES string of the molecule is CCCC/C=C/C=C/OC1CCCN1C(=O)OC(C)(C)C. The van der Waals surface area contributed by atoms with E-state index in [1.807, 2.05) is 32.9 Å². The molecule has 0 saturated carbocycles. The Kier molecular flexibility index (Phi) is 7.34. The summed E-state index contributed by atoms with van der Waals surface area (Å²) in [5, 5.41) is 0. The van der Waals surface area contributed by atoms with Crippen molar-refractivity contribution < 1.29 is 14.3 Å². The van der Waals surface area contributed by atoms with E-state index in [0.717, 1.165) is 19.3 Å². The zero-order valence-electron chi connectivity index (χ0n) is 13.8. The molecule has 1 unspecified atom stereocenters. The Morgan fingerprint density at radius 1 is 1.33 bits per heavy atom. The molecule has 0 spiro atoms. The first-order valence-corrected chi connectivity index (χ1v) is 7.91. The van der Waals surface area contributed by atoms with E-state index in [4.69, 9.17) is 9.47 Å². The molecule has 0 N–H and O–H groups in total. The Balaban J connectivity index is 2.38. The molecule has 1 saturated heterocycles. The molecule has 1 fully saturated rings. The van der Waals surface area contributed by atoms with Crippen LogP contribution in [-0.4, -0.2) is 29.4 Å². The van der Waals surface area contributed by atoms with Gasteiger partial charge in [0.1, 0.15) is 5.60 Å². The maximum Gasteiger partial charge on any atom is 0.413 e. The number of allylic oxidation sites excluding steroid dienone is 3. The van der Waals surface area contributed by atoms with Crippen LogP contribution in [0, 0.1) is 0 Å². The van der Waals surface area contributed by atoms with Crippen LogP contribution in [0.3, 0.4) is 0 Å². The van der Waals surface area contributed by atoms with E-state index in [2.05, 4.69) is 13.0 Å². The molecule has 1 aliphatic heterocycles. The quantitative estimate of drug-likeness (QED) is 0.408. The number of rotatable bonds is 6. The third-order valence-corrected chi connectivity index (χ3v) is 3.11. The first-order valence-electron chi connectivity index (χ1n) is 7.91. The summed E-state index contributed by atoms with van der Waals surface area (Å²) in [5.41, 5.74) is -0.470. The molecule has 0 aromatic rings. The van der Waals surface area contributed by atoms with Crippen molar-refractivity contribution in [2.75, 3.05) is 6.54 Å². The van der Waals surface area contributed by atoms with Crippen LogP contribution < -0.4 is 0 Å².